The fourth-order valence-corrected chi connectivity index (χ4v) is 3.59. The predicted octanol–water partition coefficient (Wildman–Crippen LogP) is 2.27. The van der Waals surface area contributed by atoms with Crippen molar-refractivity contribution in [1.29, 1.82) is 0 Å². The van der Waals surface area contributed by atoms with Crippen LogP contribution in [0.2, 0.25) is 0 Å². The summed E-state index contributed by atoms with van der Waals surface area (Å²) in [4.78, 5) is 2.44. The monoisotopic (exact) mass is 306 g/mol. The van der Waals surface area contributed by atoms with Gasteiger partial charge in [0.1, 0.15) is 5.75 Å². The Hall–Kier alpha value is -1.10. The van der Waals surface area contributed by atoms with Gasteiger partial charge in [-0.2, -0.15) is 0 Å². The quantitative estimate of drug-likeness (QED) is 0.880. The maximum Gasteiger partial charge on any atom is 0.118 e. The Morgan fingerprint density at radius 3 is 2.64 bits per heavy atom. The van der Waals surface area contributed by atoms with Crippen LogP contribution >= 0.6 is 0 Å². The zero-order chi connectivity index (χ0) is 16.0. The van der Waals surface area contributed by atoms with Crippen LogP contribution in [-0.4, -0.2) is 48.4 Å². The molecule has 124 valence electrons. The fourth-order valence-electron chi connectivity index (χ4n) is 3.59. The molecule has 3 rings (SSSR count). The molecule has 2 fully saturated rings. The molecule has 3 N–H and O–H groups in total. The molecule has 3 unspecified atom stereocenters. The summed E-state index contributed by atoms with van der Waals surface area (Å²) >= 11 is 0. The number of nitrogens with zero attached hydrogens (tertiary/aromatic N) is 1. The van der Waals surface area contributed by atoms with Gasteiger partial charge in [0.15, 0.2) is 0 Å². The Balaban J connectivity index is 0.000000188. The number of hydrogen-bond acceptors (Lipinski definition) is 4. The van der Waals surface area contributed by atoms with Crippen molar-refractivity contribution in [2.24, 2.45) is 11.7 Å². The van der Waals surface area contributed by atoms with Crippen molar-refractivity contribution in [1.82, 2.24) is 4.90 Å². The maximum atomic E-state index is 9.62. The smallest absolute Gasteiger partial charge is 0.118 e. The molecule has 4 heteroatoms. The molecule has 1 aliphatic carbocycles. The standard InChI is InChI=1S/C11H22N2O.C7H8O/c1-2-13-6-4-9-7-10(14)3-5-11(9,12)8-13;1-8-7-5-3-2-4-6-7/h9-10,14H,2-8,12H2,1H3;2-6H,1H3. The molecule has 1 aromatic carbocycles. The van der Waals surface area contributed by atoms with Crippen LogP contribution < -0.4 is 10.5 Å². The molecule has 1 saturated carbocycles. The second-order valence-electron chi connectivity index (χ2n) is 6.53. The van der Waals surface area contributed by atoms with Crippen LogP contribution in [0.1, 0.15) is 32.6 Å². The van der Waals surface area contributed by atoms with Crippen molar-refractivity contribution in [3.63, 3.8) is 0 Å². The van der Waals surface area contributed by atoms with Crippen LogP contribution in [0.25, 0.3) is 0 Å². The van der Waals surface area contributed by atoms with E-state index in [1.54, 1.807) is 7.11 Å². The van der Waals surface area contributed by atoms with E-state index in [0.717, 1.165) is 44.6 Å². The lowest BCUT2D eigenvalue weighted by molar-refractivity contribution is 0.00385. The van der Waals surface area contributed by atoms with Crippen LogP contribution in [0, 0.1) is 5.92 Å². The molecule has 0 spiro atoms. The number of rotatable bonds is 2. The van der Waals surface area contributed by atoms with Gasteiger partial charge in [-0.3, -0.25) is 0 Å². The largest absolute Gasteiger partial charge is 0.497 e. The molecular weight excluding hydrogens is 276 g/mol. The molecule has 1 aliphatic heterocycles. The Morgan fingerprint density at radius 2 is 2.05 bits per heavy atom. The molecule has 22 heavy (non-hydrogen) atoms. The zero-order valence-corrected chi connectivity index (χ0v) is 13.9. The maximum absolute atomic E-state index is 9.62. The predicted molar refractivity (Wildman–Crippen MR) is 90.0 cm³/mol. The highest BCUT2D eigenvalue weighted by Crippen LogP contribution is 2.37. The Bertz CT molecular complexity index is 440. The van der Waals surface area contributed by atoms with Crippen molar-refractivity contribution in [2.75, 3.05) is 26.7 Å². The zero-order valence-electron chi connectivity index (χ0n) is 13.9. The SMILES string of the molecule is CCN1CCC2CC(O)CCC2(N)C1.COc1ccccc1. The number of methoxy groups -OCH3 is 1. The average Bonchev–Trinajstić information content (AvgIpc) is 2.56. The van der Waals surface area contributed by atoms with Crippen molar-refractivity contribution in [2.45, 2.75) is 44.2 Å². The minimum atomic E-state index is -0.0927. The number of fused-ring (bicyclic) bond motifs is 1. The van der Waals surface area contributed by atoms with Crippen LogP contribution in [0.15, 0.2) is 30.3 Å². The number of likely N-dealkylation sites (tertiary alicyclic amines) is 1. The molecule has 1 aromatic rings. The van der Waals surface area contributed by atoms with Crippen LogP contribution in [0.5, 0.6) is 5.75 Å². The summed E-state index contributed by atoms with van der Waals surface area (Å²) < 4.78 is 4.91. The molecule has 3 atom stereocenters. The van der Waals surface area contributed by atoms with Crippen LogP contribution in [-0.2, 0) is 0 Å². The van der Waals surface area contributed by atoms with Gasteiger partial charge in [-0.25, -0.2) is 0 Å². The number of aliphatic hydroxyl groups excluding tert-OH is 1. The molecular formula is C18H30N2O2. The van der Waals surface area contributed by atoms with E-state index in [0.29, 0.717) is 5.92 Å². The molecule has 0 bridgehead atoms. The molecule has 2 aliphatic rings. The van der Waals surface area contributed by atoms with Crippen molar-refractivity contribution < 1.29 is 9.84 Å². The second-order valence-corrected chi connectivity index (χ2v) is 6.53. The van der Waals surface area contributed by atoms with Gasteiger partial charge >= 0.3 is 0 Å². The lowest BCUT2D eigenvalue weighted by Crippen LogP contribution is -2.62. The van der Waals surface area contributed by atoms with Crippen molar-refractivity contribution in [3.05, 3.63) is 30.3 Å². The van der Waals surface area contributed by atoms with Gasteiger partial charge < -0.3 is 20.5 Å². The first-order valence-electron chi connectivity index (χ1n) is 8.35. The first kappa shape index (κ1) is 17.3. The van der Waals surface area contributed by atoms with Gasteiger partial charge in [-0.1, -0.05) is 25.1 Å². The molecule has 0 radical (unpaired) electrons. The number of piperidine rings is 1. The first-order chi connectivity index (χ1) is 10.6. The lowest BCUT2D eigenvalue weighted by Gasteiger charge is -2.49. The lowest BCUT2D eigenvalue weighted by atomic mass is 9.68. The molecule has 4 nitrogen and oxygen atoms in total. The van der Waals surface area contributed by atoms with E-state index in [-0.39, 0.29) is 11.6 Å². The number of likely N-dealkylation sites (N-methyl/N-ethyl adjacent to an activating group) is 1. The van der Waals surface area contributed by atoms with E-state index in [2.05, 4.69) is 11.8 Å². The van der Waals surface area contributed by atoms with Crippen molar-refractivity contribution in [3.8, 4) is 5.75 Å². The van der Waals surface area contributed by atoms with E-state index in [1.165, 1.54) is 6.42 Å². The van der Waals surface area contributed by atoms with Gasteiger partial charge in [0.2, 0.25) is 0 Å². The highest BCUT2D eigenvalue weighted by Gasteiger charge is 2.43. The minimum absolute atomic E-state index is 0.00646. The van der Waals surface area contributed by atoms with Gasteiger partial charge in [0, 0.05) is 12.1 Å². The summed E-state index contributed by atoms with van der Waals surface area (Å²) in [5.74, 6) is 1.46. The number of hydrogen-bond donors (Lipinski definition) is 2. The topological polar surface area (TPSA) is 58.7 Å². The van der Waals surface area contributed by atoms with E-state index in [4.69, 9.17) is 10.5 Å². The van der Waals surface area contributed by atoms with Crippen molar-refractivity contribution >= 4 is 0 Å². The fraction of sp³-hybridized carbons (Fsp3) is 0.667. The van der Waals surface area contributed by atoms with Crippen LogP contribution in [0.3, 0.4) is 0 Å². The normalized spacial score (nSPS) is 31.6. The summed E-state index contributed by atoms with van der Waals surface area (Å²) in [5.41, 5.74) is 6.43. The highest BCUT2D eigenvalue weighted by atomic mass is 16.5. The highest BCUT2D eigenvalue weighted by molar-refractivity contribution is 5.20. The molecule has 0 amide bonds. The Morgan fingerprint density at radius 1 is 1.32 bits per heavy atom. The molecule has 1 heterocycles. The van der Waals surface area contributed by atoms with E-state index < -0.39 is 0 Å². The number of para-hydroxylation sites is 1. The average molecular weight is 306 g/mol. The third-order valence-electron chi connectivity index (χ3n) is 5.05. The Labute approximate surface area is 134 Å². The van der Waals surface area contributed by atoms with E-state index in [1.807, 2.05) is 30.3 Å². The van der Waals surface area contributed by atoms with E-state index in [9.17, 15) is 5.11 Å². The molecule has 1 saturated heterocycles. The van der Waals surface area contributed by atoms with Gasteiger partial charge in [-0.05, 0) is 56.8 Å². The third-order valence-corrected chi connectivity index (χ3v) is 5.05. The van der Waals surface area contributed by atoms with Crippen LogP contribution in [0.4, 0.5) is 0 Å². The van der Waals surface area contributed by atoms with Gasteiger partial charge in [-0.15, -0.1) is 0 Å². The van der Waals surface area contributed by atoms with Gasteiger partial charge in [0.05, 0.1) is 13.2 Å². The first-order valence-corrected chi connectivity index (χ1v) is 8.35. The van der Waals surface area contributed by atoms with E-state index >= 15 is 0 Å². The summed E-state index contributed by atoms with van der Waals surface area (Å²) in [5, 5.41) is 9.62. The number of nitrogens with two attached hydrogens (primary N) is 1. The molecule has 0 aromatic heterocycles. The summed E-state index contributed by atoms with van der Waals surface area (Å²) in [6, 6.07) is 9.68. The summed E-state index contributed by atoms with van der Waals surface area (Å²) in [6.45, 7) is 5.49. The Kier molecular flexibility index (Phi) is 6.24. The second kappa shape index (κ2) is 7.95. The summed E-state index contributed by atoms with van der Waals surface area (Å²) in [6.07, 6.45) is 3.89. The van der Waals surface area contributed by atoms with Gasteiger partial charge in [0.25, 0.3) is 0 Å². The number of ether oxygens (including phenoxy) is 1. The third kappa shape index (κ3) is 4.45. The number of benzene rings is 1. The summed E-state index contributed by atoms with van der Waals surface area (Å²) in [7, 11) is 1.66. The minimum Gasteiger partial charge on any atom is -0.497 e. The number of aliphatic hydroxyl groups is 1.